The Morgan fingerprint density at radius 2 is 2.09 bits per heavy atom. The molecule has 0 spiro atoms. The van der Waals surface area contributed by atoms with Crippen LogP contribution in [0.5, 0.6) is 0 Å². The number of hydrogen-bond acceptors (Lipinski definition) is 3. The third kappa shape index (κ3) is 2.72. The summed E-state index contributed by atoms with van der Waals surface area (Å²) in [5.74, 6) is 0. The SMILES string of the molecule is N#Cc1ccc(NC(=O)N[C@@H]2CCc3ccccc32)c(N)c1. The molecule has 2 aromatic rings. The van der Waals surface area contributed by atoms with Crippen molar-refractivity contribution in [1.29, 1.82) is 5.26 Å². The smallest absolute Gasteiger partial charge is 0.319 e. The van der Waals surface area contributed by atoms with Gasteiger partial charge in [-0.3, -0.25) is 0 Å². The maximum atomic E-state index is 12.1. The number of benzene rings is 2. The quantitative estimate of drug-likeness (QED) is 0.743. The normalized spacial score (nSPS) is 15.7. The molecule has 1 aliphatic carbocycles. The van der Waals surface area contributed by atoms with Crippen molar-refractivity contribution < 1.29 is 4.79 Å². The summed E-state index contributed by atoms with van der Waals surface area (Å²) in [7, 11) is 0. The Morgan fingerprint density at radius 1 is 1.27 bits per heavy atom. The minimum atomic E-state index is -0.293. The molecule has 22 heavy (non-hydrogen) atoms. The number of carbonyl (C=O) groups is 1. The van der Waals surface area contributed by atoms with Crippen LogP contribution in [-0.2, 0) is 6.42 Å². The first kappa shape index (κ1) is 14.0. The minimum Gasteiger partial charge on any atom is -0.397 e. The first-order chi connectivity index (χ1) is 10.7. The molecule has 0 fully saturated rings. The van der Waals surface area contributed by atoms with Crippen LogP contribution in [-0.4, -0.2) is 6.03 Å². The fraction of sp³-hybridized carbons (Fsp3) is 0.176. The standard InChI is InChI=1S/C17H16N4O/c18-10-11-5-7-16(14(19)9-11)21-17(22)20-15-8-6-12-3-1-2-4-13(12)15/h1-5,7,9,15H,6,8,19H2,(H2,20,21,22)/t15-/m1/s1. The van der Waals surface area contributed by atoms with Crippen molar-refractivity contribution in [3.63, 3.8) is 0 Å². The predicted molar refractivity (Wildman–Crippen MR) is 85.2 cm³/mol. The Hall–Kier alpha value is -3.00. The molecule has 2 amide bonds. The number of nitrogens with zero attached hydrogens (tertiary/aromatic N) is 1. The van der Waals surface area contributed by atoms with Crippen LogP contribution < -0.4 is 16.4 Å². The van der Waals surface area contributed by atoms with Crippen molar-refractivity contribution in [3.8, 4) is 6.07 Å². The van der Waals surface area contributed by atoms with Crippen molar-refractivity contribution >= 4 is 17.4 Å². The third-order valence-corrected chi connectivity index (χ3v) is 3.87. The topological polar surface area (TPSA) is 90.9 Å². The van der Waals surface area contributed by atoms with Crippen molar-refractivity contribution in [2.75, 3.05) is 11.1 Å². The van der Waals surface area contributed by atoms with Crippen LogP contribution in [0.2, 0.25) is 0 Å². The molecule has 1 aliphatic rings. The summed E-state index contributed by atoms with van der Waals surface area (Å²) in [6, 6.07) is 14.7. The number of nitrogens with two attached hydrogens (primary N) is 1. The summed E-state index contributed by atoms with van der Waals surface area (Å²) in [6.45, 7) is 0. The van der Waals surface area contributed by atoms with Crippen LogP contribution in [0.1, 0.15) is 29.2 Å². The van der Waals surface area contributed by atoms with Gasteiger partial charge in [-0.15, -0.1) is 0 Å². The second-order valence-corrected chi connectivity index (χ2v) is 5.30. The second kappa shape index (κ2) is 5.78. The van der Waals surface area contributed by atoms with Gasteiger partial charge in [-0.1, -0.05) is 24.3 Å². The number of aryl methyl sites for hydroxylation is 1. The lowest BCUT2D eigenvalue weighted by Gasteiger charge is -2.15. The fourth-order valence-corrected chi connectivity index (χ4v) is 2.77. The minimum absolute atomic E-state index is 0.0239. The number of nitrogen functional groups attached to an aromatic ring is 1. The molecule has 110 valence electrons. The summed E-state index contributed by atoms with van der Waals surface area (Å²) in [5.41, 5.74) is 9.64. The predicted octanol–water partition coefficient (Wildman–Crippen LogP) is 2.95. The van der Waals surface area contributed by atoms with E-state index in [4.69, 9.17) is 11.0 Å². The number of nitrogens with one attached hydrogen (secondary N) is 2. The van der Waals surface area contributed by atoms with Crippen LogP contribution in [0.15, 0.2) is 42.5 Å². The summed E-state index contributed by atoms with van der Waals surface area (Å²) < 4.78 is 0. The van der Waals surface area contributed by atoms with Crippen LogP contribution in [0.3, 0.4) is 0 Å². The number of amides is 2. The van der Waals surface area contributed by atoms with E-state index in [-0.39, 0.29) is 12.1 Å². The van der Waals surface area contributed by atoms with Gasteiger partial charge in [-0.2, -0.15) is 5.26 Å². The molecule has 5 heteroatoms. The molecular weight excluding hydrogens is 276 g/mol. The van der Waals surface area contributed by atoms with Gasteiger partial charge < -0.3 is 16.4 Å². The first-order valence-electron chi connectivity index (χ1n) is 7.12. The average molecular weight is 292 g/mol. The molecule has 3 rings (SSSR count). The highest BCUT2D eigenvalue weighted by molar-refractivity contribution is 5.93. The van der Waals surface area contributed by atoms with Crippen LogP contribution in [0, 0.1) is 11.3 Å². The number of urea groups is 1. The fourth-order valence-electron chi connectivity index (χ4n) is 2.77. The van der Waals surface area contributed by atoms with E-state index in [1.54, 1.807) is 18.2 Å². The number of hydrogen-bond donors (Lipinski definition) is 3. The molecular formula is C17H16N4O. The van der Waals surface area contributed by atoms with E-state index in [0.29, 0.717) is 16.9 Å². The van der Waals surface area contributed by atoms with Crippen LogP contribution in [0.25, 0.3) is 0 Å². The second-order valence-electron chi connectivity index (χ2n) is 5.30. The lowest BCUT2D eigenvalue weighted by Crippen LogP contribution is -2.31. The monoisotopic (exact) mass is 292 g/mol. The molecule has 0 heterocycles. The van der Waals surface area contributed by atoms with E-state index in [2.05, 4.69) is 16.7 Å². The lowest BCUT2D eigenvalue weighted by atomic mass is 10.1. The maximum Gasteiger partial charge on any atom is 0.319 e. The third-order valence-electron chi connectivity index (χ3n) is 3.87. The Balaban J connectivity index is 1.68. The molecule has 0 bridgehead atoms. The van der Waals surface area contributed by atoms with Gasteiger partial charge >= 0.3 is 6.03 Å². The number of carbonyl (C=O) groups excluding carboxylic acids is 1. The van der Waals surface area contributed by atoms with E-state index in [1.165, 1.54) is 11.1 Å². The van der Waals surface area contributed by atoms with Crippen molar-refractivity contribution in [1.82, 2.24) is 5.32 Å². The maximum absolute atomic E-state index is 12.1. The number of rotatable bonds is 2. The van der Waals surface area contributed by atoms with Crippen molar-refractivity contribution in [3.05, 3.63) is 59.2 Å². The molecule has 4 N–H and O–H groups in total. The Labute approximate surface area is 128 Å². The molecule has 0 saturated carbocycles. The number of anilines is 2. The van der Waals surface area contributed by atoms with Gasteiger partial charge in [0.25, 0.3) is 0 Å². The van der Waals surface area contributed by atoms with E-state index >= 15 is 0 Å². The first-order valence-corrected chi connectivity index (χ1v) is 7.12. The van der Waals surface area contributed by atoms with Gasteiger partial charge in [0, 0.05) is 0 Å². The molecule has 0 saturated heterocycles. The highest BCUT2D eigenvalue weighted by atomic mass is 16.2. The van der Waals surface area contributed by atoms with Gasteiger partial charge in [-0.05, 0) is 42.2 Å². The van der Waals surface area contributed by atoms with E-state index < -0.39 is 0 Å². The zero-order chi connectivity index (χ0) is 15.5. The molecule has 0 aliphatic heterocycles. The van der Waals surface area contributed by atoms with Gasteiger partial charge in [0.2, 0.25) is 0 Å². The average Bonchev–Trinajstić information content (AvgIpc) is 2.92. The van der Waals surface area contributed by atoms with Gasteiger partial charge in [0.1, 0.15) is 0 Å². The van der Waals surface area contributed by atoms with Crippen molar-refractivity contribution in [2.24, 2.45) is 0 Å². The van der Waals surface area contributed by atoms with E-state index in [9.17, 15) is 4.79 Å². The Bertz CT molecular complexity index is 763. The molecule has 0 radical (unpaired) electrons. The molecule has 5 nitrogen and oxygen atoms in total. The molecule has 2 aromatic carbocycles. The molecule has 1 atom stereocenters. The largest absolute Gasteiger partial charge is 0.397 e. The number of nitriles is 1. The van der Waals surface area contributed by atoms with Crippen LogP contribution in [0.4, 0.5) is 16.2 Å². The number of fused-ring (bicyclic) bond motifs is 1. The zero-order valence-electron chi connectivity index (χ0n) is 12.0. The molecule has 0 unspecified atom stereocenters. The van der Waals surface area contributed by atoms with Crippen molar-refractivity contribution in [2.45, 2.75) is 18.9 Å². The summed E-state index contributed by atoms with van der Waals surface area (Å²) in [4.78, 5) is 12.1. The highest BCUT2D eigenvalue weighted by Gasteiger charge is 2.23. The summed E-state index contributed by atoms with van der Waals surface area (Å²) in [6.07, 6.45) is 1.87. The zero-order valence-corrected chi connectivity index (χ0v) is 12.0. The highest BCUT2D eigenvalue weighted by Crippen LogP contribution is 2.30. The molecule has 0 aromatic heterocycles. The summed E-state index contributed by atoms with van der Waals surface area (Å²) >= 11 is 0. The van der Waals surface area contributed by atoms with Gasteiger partial charge in [0.05, 0.1) is 29.0 Å². The lowest BCUT2D eigenvalue weighted by molar-refractivity contribution is 0.248. The van der Waals surface area contributed by atoms with Crippen LogP contribution >= 0.6 is 0 Å². The Morgan fingerprint density at radius 3 is 2.86 bits per heavy atom. The van der Waals surface area contributed by atoms with Gasteiger partial charge in [-0.25, -0.2) is 4.79 Å². The Kier molecular flexibility index (Phi) is 3.67. The van der Waals surface area contributed by atoms with E-state index in [1.807, 2.05) is 24.3 Å². The summed E-state index contributed by atoms with van der Waals surface area (Å²) in [5, 5.41) is 14.5. The van der Waals surface area contributed by atoms with Gasteiger partial charge in [0.15, 0.2) is 0 Å². The van der Waals surface area contributed by atoms with E-state index in [0.717, 1.165) is 12.8 Å².